The summed E-state index contributed by atoms with van der Waals surface area (Å²) in [6, 6.07) is 3.97. The SMILES string of the molecule is Cc1cnc(-c2ccncc2)n1CC1CCCN(C(=O)c2cnn(C)c2)C1. The van der Waals surface area contributed by atoms with Gasteiger partial charge in [-0.15, -0.1) is 0 Å². The molecule has 3 aromatic heterocycles. The Hall–Kier alpha value is -2.96. The number of carbonyl (C=O) groups is 1. The van der Waals surface area contributed by atoms with Gasteiger partial charge in [-0.25, -0.2) is 4.98 Å². The molecule has 7 heteroatoms. The number of aromatic nitrogens is 5. The lowest BCUT2D eigenvalue weighted by Gasteiger charge is -2.33. The Bertz CT molecular complexity index is 929. The summed E-state index contributed by atoms with van der Waals surface area (Å²) in [6.07, 6.45) is 11.1. The second-order valence-corrected chi connectivity index (χ2v) is 7.23. The fourth-order valence-corrected chi connectivity index (χ4v) is 3.79. The molecule has 1 aliphatic heterocycles. The van der Waals surface area contributed by atoms with Gasteiger partial charge in [0.15, 0.2) is 0 Å². The van der Waals surface area contributed by atoms with Gasteiger partial charge in [0.1, 0.15) is 5.82 Å². The molecule has 1 aliphatic rings. The predicted molar refractivity (Wildman–Crippen MR) is 102 cm³/mol. The van der Waals surface area contributed by atoms with Crippen LogP contribution in [0.1, 0.15) is 28.9 Å². The normalized spacial score (nSPS) is 17.3. The van der Waals surface area contributed by atoms with Crippen LogP contribution in [0.15, 0.2) is 43.1 Å². The van der Waals surface area contributed by atoms with Gasteiger partial charge in [0.05, 0.1) is 11.8 Å². The van der Waals surface area contributed by atoms with Crippen molar-refractivity contribution in [2.24, 2.45) is 13.0 Å². The highest BCUT2D eigenvalue weighted by Crippen LogP contribution is 2.25. The first-order valence-corrected chi connectivity index (χ1v) is 9.32. The van der Waals surface area contributed by atoms with Gasteiger partial charge in [-0.05, 0) is 37.8 Å². The number of likely N-dealkylation sites (tertiary alicyclic amines) is 1. The van der Waals surface area contributed by atoms with E-state index in [1.165, 1.54) is 0 Å². The summed E-state index contributed by atoms with van der Waals surface area (Å²) in [5.41, 5.74) is 2.86. The van der Waals surface area contributed by atoms with Crippen molar-refractivity contribution in [1.29, 1.82) is 0 Å². The molecule has 1 fully saturated rings. The minimum absolute atomic E-state index is 0.0736. The number of hydrogen-bond acceptors (Lipinski definition) is 4. The van der Waals surface area contributed by atoms with E-state index in [2.05, 4.69) is 26.6 Å². The topological polar surface area (TPSA) is 68.8 Å². The third-order valence-electron chi connectivity index (χ3n) is 5.19. The molecule has 1 saturated heterocycles. The van der Waals surface area contributed by atoms with E-state index in [-0.39, 0.29) is 5.91 Å². The predicted octanol–water partition coefficient (Wildman–Crippen LogP) is 2.54. The monoisotopic (exact) mass is 364 g/mol. The quantitative estimate of drug-likeness (QED) is 0.713. The molecule has 1 unspecified atom stereocenters. The van der Waals surface area contributed by atoms with E-state index in [9.17, 15) is 4.79 Å². The summed E-state index contributed by atoms with van der Waals surface area (Å²) in [7, 11) is 1.83. The second-order valence-electron chi connectivity index (χ2n) is 7.23. The van der Waals surface area contributed by atoms with Gasteiger partial charge in [-0.3, -0.25) is 14.5 Å². The van der Waals surface area contributed by atoms with Crippen molar-refractivity contribution in [2.75, 3.05) is 13.1 Å². The molecular formula is C20H24N6O. The summed E-state index contributed by atoms with van der Waals surface area (Å²) in [5, 5.41) is 4.12. The van der Waals surface area contributed by atoms with Crippen LogP contribution in [0.5, 0.6) is 0 Å². The van der Waals surface area contributed by atoms with Gasteiger partial charge in [-0.1, -0.05) is 0 Å². The Balaban J connectivity index is 1.50. The molecule has 7 nitrogen and oxygen atoms in total. The number of piperidine rings is 1. The molecule has 0 bridgehead atoms. The maximum absolute atomic E-state index is 12.8. The number of carbonyl (C=O) groups excluding carboxylic acids is 1. The Labute approximate surface area is 158 Å². The van der Waals surface area contributed by atoms with Crippen LogP contribution in [-0.4, -0.2) is 48.2 Å². The highest BCUT2D eigenvalue weighted by atomic mass is 16.2. The molecule has 0 N–H and O–H groups in total. The second kappa shape index (κ2) is 7.34. The smallest absolute Gasteiger partial charge is 0.257 e. The average Bonchev–Trinajstić information content (AvgIpc) is 3.28. The number of aryl methyl sites for hydroxylation is 2. The summed E-state index contributed by atoms with van der Waals surface area (Å²) in [6.45, 7) is 4.52. The maximum Gasteiger partial charge on any atom is 0.257 e. The van der Waals surface area contributed by atoms with Crippen molar-refractivity contribution in [1.82, 2.24) is 29.2 Å². The van der Waals surface area contributed by atoms with Gasteiger partial charge >= 0.3 is 0 Å². The van der Waals surface area contributed by atoms with E-state index in [0.717, 1.165) is 49.6 Å². The summed E-state index contributed by atoms with van der Waals surface area (Å²) in [4.78, 5) is 23.4. The molecule has 4 heterocycles. The van der Waals surface area contributed by atoms with Crippen LogP contribution >= 0.6 is 0 Å². The first-order chi connectivity index (χ1) is 13.1. The van der Waals surface area contributed by atoms with Crippen molar-refractivity contribution in [3.05, 3.63) is 54.4 Å². The van der Waals surface area contributed by atoms with Gasteiger partial charge in [0, 0.05) is 62.7 Å². The molecule has 0 aromatic carbocycles. The van der Waals surface area contributed by atoms with Crippen LogP contribution in [0.3, 0.4) is 0 Å². The lowest BCUT2D eigenvalue weighted by Crippen LogP contribution is -2.41. The Morgan fingerprint density at radius 2 is 2.07 bits per heavy atom. The number of rotatable bonds is 4. The molecule has 0 radical (unpaired) electrons. The summed E-state index contributed by atoms with van der Waals surface area (Å²) >= 11 is 0. The molecule has 0 saturated carbocycles. The number of hydrogen-bond donors (Lipinski definition) is 0. The van der Waals surface area contributed by atoms with Crippen LogP contribution in [0.2, 0.25) is 0 Å². The van der Waals surface area contributed by atoms with E-state index >= 15 is 0 Å². The molecule has 140 valence electrons. The molecule has 0 spiro atoms. The molecule has 27 heavy (non-hydrogen) atoms. The Morgan fingerprint density at radius 3 is 2.81 bits per heavy atom. The van der Waals surface area contributed by atoms with Gasteiger partial charge in [-0.2, -0.15) is 5.10 Å². The van der Waals surface area contributed by atoms with Gasteiger partial charge in [0.2, 0.25) is 0 Å². The van der Waals surface area contributed by atoms with Crippen molar-refractivity contribution >= 4 is 5.91 Å². The van der Waals surface area contributed by atoms with Crippen LogP contribution < -0.4 is 0 Å². The molecule has 3 aromatic rings. The zero-order valence-electron chi connectivity index (χ0n) is 15.7. The van der Waals surface area contributed by atoms with E-state index in [1.807, 2.05) is 30.3 Å². The summed E-state index contributed by atoms with van der Waals surface area (Å²) in [5.74, 6) is 1.45. The average molecular weight is 364 g/mol. The fourth-order valence-electron chi connectivity index (χ4n) is 3.79. The first-order valence-electron chi connectivity index (χ1n) is 9.32. The Morgan fingerprint density at radius 1 is 1.26 bits per heavy atom. The fraction of sp³-hybridized carbons (Fsp3) is 0.400. The molecule has 1 atom stereocenters. The highest BCUT2D eigenvalue weighted by molar-refractivity contribution is 5.93. The third kappa shape index (κ3) is 3.63. The van der Waals surface area contributed by atoms with Crippen molar-refractivity contribution < 1.29 is 4.79 Å². The first kappa shape index (κ1) is 17.5. The lowest BCUT2D eigenvalue weighted by atomic mass is 9.97. The zero-order valence-corrected chi connectivity index (χ0v) is 15.7. The van der Waals surface area contributed by atoms with E-state index in [1.54, 1.807) is 29.5 Å². The molecule has 4 rings (SSSR count). The third-order valence-corrected chi connectivity index (χ3v) is 5.19. The summed E-state index contributed by atoms with van der Waals surface area (Å²) < 4.78 is 3.93. The van der Waals surface area contributed by atoms with E-state index in [4.69, 9.17) is 0 Å². The highest BCUT2D eigenvalue weighted by Gasteiger charge is 2.26. The Kier molecular flexibility index (Phi) is 4.75. The van der Waals surface area contributed by atoms with E-state index < -0.39 is 0 Å². The maximum atomic E-state index is 12.8. The number of nitrogens with zero attached hydrogens (tertiary/aromatic N) is 6. The van der Waals surface area contributed by atoms with Crippen molar-refractivity contribution in [3.8, 4) is 11.4 Å². The number of amides is 1. The van der Waals surface area contributed by atoms with Gasteiger partial charge in [0.25, 0.3) is 5.91 Å². The molecular weight excluding hydrogens is 340 g/mol. The van der Waals surface area contributed by atoms with Crippen LogP contribution in [0, 0.1) is 12.8 Å². The zero-order chi connectivity index (χ0) is 18.8. The minimum atomic E-state index is 0.0736. The largest absolute Gasteiger partial charge is 0.338 e. The molecule has 1 amide bonds. The van der Waals surface area contributed by atoms with Gasteiger partial charge < -0.3 is 9.47 Å². The number of imidazole rings is 1. The van der Waals surface area contributed by atoms with Crippen LogP contribution in [-0.2, 0) is 13.6 Å². The lowest BCUT2D eigenvalue weighted by molar-refractivity contribution is 0.0662. The molecule has 0 aliphatic carbocycles. The van der Waals surface area contributed by atoms with Crippen LogP contribution in [0.25, 0.3) is 11.4 Å². The minimum Gasteiger partial charge on any atom is -0.338 e. The van der Waals surface area contributed by atoms with Crippen molar-refractivity contribution in [3.63, 3.8) is 0 Å². The standard InChI is InChI=1S/C20H24N6O/c1-15-10-22-19(17-5-7-21-8-6-17)26(15)13-16-4-3-9-25(12-16)20(27)18-11-23-24(2)14-18/h5-8,10-11,14,16H,3-4,9,12-13H2,1-2H3. The van der Waals surface area contributed by atoms with E-state index in [0.29, 0.717) is 11.5 Å². The van der Waals surface area contributed by atoms with Crippen molar-refractivity contribution in [2.45, 2.75) is 26.3 Å². The number of pyridine rings is 1. The van der Waals surface area contributed by atoms with Crippen LogP contribution in [0.4, 0.5) is 0 Å².